The zero-order chi connectivity index (χ0) is 16.5. The molecular weight excluding hydrogens is 304 g/mol. The minimum absolute atomic E-state index is 0.219. The average molecular weight is 314 g/mol. The first kappa shape index (κ1) is 16.0. The van der Waals surface area contributed by atoms with Crippen LogP contribution in [0.1, 0.15) is 17.2 Å². The van der Waals surface area contributed by atoms with Crippen LogP contribution in [0.5, 0.6) is 0 Å². The Morgan fingerprint density at radius 2 is 1.68 bits per heavy atom. The van der Waals surface area contributed by atoms with Crippen molar-refractivity contribution in [3.63, 3.8) is 0 Å². The molecule has 0 aliphatic rings. The molecule has 0 spiro atoms. The quantitative estimate of drug-likeness (QED) is 0.851. The second-order valence-electron chi connectivity index (χ2n) is 4.52. The smallest absolute Gasteiger partial charge is 0.416 e. The molecule has 0 heterocycles. The van der Waals surface area contributed by atoms with Gasteiger partial charge in [0.1, 0.15) is 5.82 Å². The van der Waals surface area contributed by atoms with E-state index in [1.807, 2.05) is 0 Å². The fourth-order valence-corrected chi connectivity index (χ4v) is 2.02. The molecule has 2 N–H and O–H groups in total. The Balaban J connectivity index is 2.71. The topological polar surface area (TPSA) is 57.5 Å². The first-order valence-electron chi connectivity index (χ1n) is 6.08. The average Bonchev–Trinajstić information content (AvgIpc) is 2.45. The van der Waals surface area contributed by atoms with Crippen LogP contribution >= 0.6 is 0 Å². The Bertz CT molecular complexity index is 710. The summed E-state index contributed by atoms with van der Waals surface area (Å²) >= 11 is 0. The van der Waals surface area contributed by atoms with Crippen molar-refractivity contribution in [2.75, 3.05) is 0 Å². The lowest BCUT2D eigenvalue weighted by Crippen LogP contribution is -2.13. The van der Waals surface area contributed by atoms with E-state index < -0.39 is 29.6 Å². The Morgan fingerprint density at radius 3 is 2.23 bits per heavy atom. The van der Waals surface area contributed by atoms with E-state index in [-0.39, 0.29) is 16.7 Å². The van der Waals surface area contributed by atoms with Gasteiger partial charge in [0.25, 0.3) is 0 Å². The summed E-state index contributed by atoms with van der Waals surface area (Å²) in [5.74, 6) is -2.46. The van der Waals surface area contributed by atoms with Gasteiger partial charge in [-0.3, -0.25) is 0 Å². The lowest BCUT2D eigenvalue weighted by atomic mass is 9.93. The van der Waals surface area contributed by atoms with Crippen LogP contribution in [0.4, 0.5) is 17.6 Å². The molecule has 0 saturated carbocycles. The van der Waals surface area contributed by atoms with Gasteiger partial charge in [0.15, 0.2) is 6.10 Å². The summed E-state index contributed by atoms with van der Waals surface area (Å²) in [6, 6.07) is 7.10. The monoisotopic (exact) mass is 314 g/mol. The van der Waals surface area contributed by atoms with Crippen LogP contribution < -0.4 is 0 Å². The third kappa shape index (κ3) is 3.09. The Labute approximate surface area is 122 Å². The third-order valence-corrected chi connectivity index (χ3v) is 3.07. The van der Waals surface area contributed by atoms with E-state index in [0.717, 1.165) is 12.1 Å². The molecule has 2 rings (SSSR count). The van der Waals surface area contributed by atoms with Crippen LogP contribution in [0, 0.1) is 5.82 Å². The fourth-order valence-electron chi connectivity index (χ4n) is 2.02. The summed E-state index contributed by atoms with van der Waals surface area (Å²) in [5.41, 5.74) is -1.91. The molecule has 0 saturated heterocycles. The number of aliphatic hydroxyl groups excluding tert-OH is 1. The van der Waals surface area contributed by atoms with Crippen LogP contribution in [0.25, 0.3) is 11.1 Å². The van der Waals surface area contributed by atoms with Gasteiger partial charge in [-0.15, -0.1) is 0 Å². The number of aliphatic hydroxyl groups is 1. The number of benzene rings is 2. The number of carboxylic acids is 1. The largest absolute Gasteiger partial charge is 0.479 e. The molecule has 2 aromatic carbocycles. The predicted octanol–water partition coefficient (Wildman–Crippen LogP) is 3.63. The van der Waals surface area contributed by atoms with E-state index in [1.165, 1.54) is 18.2 Å². The SMILES string of the molecule is O=C(O)C(O)c1ccc(C(F)(F)F)cc1-c1ccccc1F. The van der Waals surface area contributed by atoms with Gasteiger partial charge in [-0.2, -0.15) is 13.2 Å². The molecule has 0 fully saturated rings. The molecule has 0 amide bonds. The zero-order valence-electron chi connectivity index (χ0n) is 10.9. The number of carboxylic acid groups (broad SMARTS) is 1. The van der Waals surface area contributed by atoms with E-state index in [2.05, 4.69) is 0 Å². The summed E-state index contributed by atoms with van der Waals surface area (Å²) in [6.07, 6.45) is -6.73. The van der Waals surface area contributed by atoms with Crippen molar-refractivity contribution in [1.29, 1.82) is 0 Å². The molecule has 2 aromatic rings. The van der Waals surface area contributed by atoms with Crippen molar-refractivity contribution in [3.05, 3.63) is 59.4 Å². The molecule has 0 aromatic heterocycles. The number of aliphatic carboxylic acids is 1. The standard InChI is InChI=1S/C15H10F4O3/c16-12-4-2-1-3-9(12)11-7-8(15(17,18)19)5-6-10(11)13(20)14(21)22/h1-7,13,20H,(H,21,22). The van der Waals surface area contributed by atoms with Crippen molar-refractivity contribution in [2.45, 2.75) is 12.3 Å². The molecule has 1 unspecified atom stereocenters. The van der Waals surface area contributed by atoms with Crippen molar-refractivity contribution >= 4 is 5.97 Å². The van der Waals surface area contributed by atoms with Gasteiger partial charge in [-0.05, 0) is 29.3 Å². The summed E-state index contributed by atoms with van der Waals surface area (Å²) in [5, 5.41) is 18.5. The maximum atomic E-state index is 13.8. The van der Waals surface area contributed by atoms with Gasteiger partial charge >= 0.3 is 12.1 Å². The molecule has 7 heteroatoms. The zero-order valence-corrected chi connectivity index (χ0v) is 10.9. The Morgan fingerprint density at radius 1 is 1.05 bits per heavy atom. The number of carbonyl (C=O) groups is 1. The molecule has 3 nitrogen and oxygen atoms in total. The maximum Gasteiger partial charge on any atom is 0.416 e. The Kier molecular flexibility index (Phi) is 4.18. The van der Waals surface area contributed by atoms with Crippen molar-refractivity contribution in [1.82, 2.24) is 0 Å². The van der Waals surface area contributed by atoms with Crippen LogP contribution in [-0.2, 0) is 11.0 Å². The molecule has 1 atom stereocenters. The second-order valence-corrected chi connectivity index (χ2v) is 4.52. The highest BCUT2D eigenvalue weighted by molar-refractivity contribution is 5.80. The fraction of sp³-hybridized carbons (Fsp3) is 0.133. The number of halogens is 4. The first-order valence-corrected chi connectivity index (χ1v) is 6.08. The lowest BCUT2D eigenvalue weighted by Gasteiger charge is -2.16. The van der Waals surface area contributed by atoms with Gasteiger partial charge in [0.2, 0.25) is 0 Å². The summed E-state index contributed by atoms with van der Waals surface area (Å²) < 4.78 is 52.2. The van der Waals surface area contributed by atoms with Crippen LogP contribution in [0.2, 0.25) is 0 Å². The van der Waals surface area contributed by atoms with Crippen LogP contribution in [0.15, 0.2) is 42.5 Å². The molecule has 116 valence electrons. The van der Waals surface area contributed by atoms with Crippen LogP contribution in [-0.4, -0.2) is 16.2 Å². The minimum Gasteiger partial charge on any atom is -0.479 e. The maximum absolute atomic E-state index is 13.8. The molecule has 0 radical (unpaired) electrons. The molecule has 22 heavy (non-hydrogen) atoms. The van der Waals surface area contributed by atoms with Crippen molar-refractivity contribution < 1.29 is 32.6 Å². The highest BCUT2D eigenvalue weighted by atomic mass is 19.4. The summed E-state index contributed by atoms with van der Waals surface area (Å²) in [7, 11) is 0. The van der Waals surface area contributed by atoms with Gasteiger partial charge in [0, 0.05) is 5.56 Å². The highest BCUT2D eigenvalue weighted by Crippen LogP contribution is 2.36. The molecule has 0 aliphatic heterocycles. The van der Waals surface area contributed by atoms with Crippen LogP contribution in [0.3, 0.4) is 0 Å². The van der Waals surface area contributed by atoms with E-state index in [0.29, 0.717) is 12.1 Å². The van der Waals surface area contributed by atoms with E-state index >= 15 is 0 Å². The Hall–Kier alpha value is -2.41. The normalized spacial score (nSPS) is 13.0. The predicted molar refractivity (Wildman–Crippen MR) is 69.4 cm³/mol. The number of rotatable bonds is 3. The molecule has 0 aliphatic carbocycles. The van der Waals surface area contributed by atoms with Gasteiger partial charge in [-0.1, -0.05) is 24.3 Å². The number of hydrogen-bond donors (Lipinski definition) is 2. The van der Waals surface area contributed by atoms with Gasteiger partial charge < -0.3 is 10.2 Å². The van der Waals surface area contributed by atoms with E-state index in [9.17, 15) is 27.5 Å². The van der Waals surface area contributed by atoms with Crippen molar-refractivity contribution in [3.8, 4) is 11.1 Å². The number of hydrogen-bond acceptors (Lipinski definition) is 2. The van der Waals surface area contributed by atoms with Crippen molar-refractivity contribution in [2.24, 2.45) is 0 Å². The highest BCUT2D eigenvalue weighted by Gasteiger charge is 2.32. The summed E-state index contributed by atoms with van der Waals surface area (Å²) in [6.45, 7) is 0. The minimum atomic E-state index is -4.67. The van der Waals surface area contributed by atoms with Gasteiger partial charge in [-0.25, -0.2) is 9.18 Å². The van der Waals surface area contributed by atoms with Gasteiger partial charge in [0.05, 0.1) is 5.56 Å². The lowest BCUT2D eigenvalue weighted by molar-refractivity contribution is -0.146. The number of alkyl halides is 3. The third-order valence-electron chi connectivity index (χ3n) is 3.07. The molecule has 0 bridgehead atoms. The summed E-state index contributed by atoms with van der Waals surface area (Å²) in [4.78, 5) is 10.9. The first-order chi connectivity index (χ1) is 10.2. The second kappa shape index (κ2) is 5.76. The van der Waals surface area contributed by atoms with E-state index in [4.69, 9.17) is 5.11 Å². The van der Waals surface area contributed by atoms with E-state index in [1.54, 1.807) is 0 Å². The molecular formula is C15H10F4O3.